The molecule has 26 heavy (non-hydrogen) atoms. The molecule has 130 valence electrons. The molecule has 0 amide bonds. The van der Waals surface area contributed by atoms with Gasteiger partial charge in [-0.05, 0) is 36.4 Å². The van der Waals surface area contributed by atoms with Crippen molar-refractivity contribution in [2.45, 2.75) is 4.90 Å². The summed E-state index contributed by atoms with van der Waals surface area (Å²) < 4.78 is 34.4. The molecule has 1 N–H and O–H groups in total. The van der Waals surface area contributed by atoms with Gasteiger partial charge in [-0.2, -0.15) is 13.5 Å². The summed E-state index contributed by atoms with van der Waals surface area (Å²) in [6, 6.07) is 18.0. The molecule has 0 saturated carbocycles. The average molecular weight is 430 g/mol. The average Bonchev–Trinajstić information content (AvgIpc) is 3.19. The van der Waals surface area contributed by atoms with Crippen molar-refractivity contribution in [3.8, 4) is 11.3 Å². The monoisotopic (exact) mass is 429 g/mol. The van der Waals surface area contributed by atoms with Gasteiger partial charge in [-0.1, -0.05) is 40.2 Å². The zero-order chi connectivity index (χ0) is 18.1. The predicted octanol–water partition coefficient (Wildman–Crippen LogP) is 3.78. The van der Waals surface area contributed by atoms with Crippen LogP contribution in [0.25, 0.3) is 11.3 Å². The third-order valence-electron chi connectivity index (χ3n) is 3.75. The van der Waals surface area contributed by atoms with E-state index in [0.29, 0.717) is 17.1 Å². The number of sulfonamides is 1. The van der Waals surface area contributed by atoms with Gasteiger partial charge in [0.05, 0.1) is 6.21 Å². The van der Waals surface area contributed by atoms with Gasteiger partial charge < -0.3 is 4.42 Å². The molecule has 0 atom stereocenters. The summed E-state index contributed by atoms with van der Waals surface area (Å²) in [7, 11) is -3.66. The highest BCUT2D eigenvalue weighted by Gasteiger charge is 2.28. The van der Waals surface area contributed by atoms with Crippen molar-refractivity contribution >= 4 is 38.0 Å². The SMILES string of the molecule is O=S1(=O)N=C(NN=Cc2ccc(-c3ccc(Br)cc3)o2)c2ccccc21. The summed E-state index contributed by atoms with van der Waals surface area (Å²) in [5, 5.41) is 4.04. The number of halogens is 1. The largest absolute Gasteiger partial charge is 0.455 e. The second kappa shape index (κ2) is 6.54. The minimum absolute atomic E-state index is 0.174. The minimum Gasteiger partial charge on any atom is -0.455 e. The smallest absolute Gasteiger partial charge is 0.285 e. The lowest BCUT2D eigenvalue weighted by Gasteiger charge is -1.99. The molecule has 1 aliphatic rings. The Kier molecular flexibility index (Phi) is 4.21. The zero-order valence-corrected chi connectivity index (χ0v) is 15.7. The highest BCUT2D eigenvalue weighted by molar-refractivity contribution is 9.10. The number of hydrogen-bond acceptors (Lipinski definition) is 5. The summed E-state index contributed by atoms with van der Waals surface area (Å²) in [5.74, 6) is 1.44. The van der Waals surface area contributed by atoms with Gasteiger partial charge in [0.25, 0.3) is 10.0 Å². The minimum atomic E-state index is -3.66. The molecule has 0 fully saturated rings. The van der Waals surface area contributed by atoms with Crippen LogP contribution in [0.2, 0.25) is 0 Å². The first-order valence-corrected chi connectivity index (χ1v) is 9.85. The van der Waals surface area contributed by atoms with E-state index in [1.54, 1.807) is 24.3 Å². The maximum absolute atomic E-state index is 12.0. The number of amidine groups is 1. The standard InChI is InChI=1S/C18H12BrN3O3S/c19-13-7-5-12(6-8-13)16-10-9-14(25-16)11-20-21-18-15-3-1-2-4-17(15)26(23,24)22-18/h1-11H,(H,21,22). The number of hydrazone groups is 1. The number of benzene rings is 2. The number of nitrogens with one attached hydrogen (secondary N) is 1. The van der Waals surface area contributed by atoms with E-state index in [1.165, 1.54) is 12.3 Å². The molecule has 4 rings (SSSR count). The van der Waals surface area contributed by atoms with Gasteiger partial charge in [0.1, 0.15) is 16.4 Å². The maximum Gasteiger partial charge on any atom is 0.285 e. The van der Waals surface area contributed by atoms with Crippen molar-refractivity contribution in [1.29, 1.82) is 0 Å². The van der Waals surface area contributed by atoms with E-state index in [-0.39, 0.29) is 10.7 Å². The molecule has 8 heteroatoms. The van der Waals surface area contributed by atoms with E-state index in [2.05, 4.69) is 30.9 Å². The number of nitrogens with zero attached hydrogens (tertiary/aromatic N) is 2. The fourth-order valence-corrected chi connectivity index (χ4v) is 3.97. The van der Waals surface area contributed by atoms with Gasteiger partial charge in [-0.25, -0.2) is 0 Å². The molecule has 2 aromatic carbocycles. The molecule has 0 spiro atoms. The van der Waals surface area contributed by atoms with Crippen LogP contribution in [0, 0.1) is 0 Å². The molecule has 1 aliphatic heterocycles. The highest BCUT2D eigenvalue weighted by atomic mass is 79.9. The van der Waals surface area contributed by atoms with Crippen LogP contribution in [0.3, 0.4) is 0 Å². The lowest BCUT2D eigenvalue weighted by molar-refractivity contribution is 0.574. The summed E-state index contributed by atoms with van der Waals surface area (Å²) >= 11 is 3.40. The van der Waals surface area contributed by atoms with Crippen LogP contribution in [0.5, 0.6) is 0 Å². The molecular formula is C18H12BrN3O3S. The van der Waals surface area contributed by atoms with Crippen molar-refractivity contribution < 1.29 is 12.8 Å². The molecule has 1 aromatic heterocycles. The van der Waals surface area contributed by atoms with Gasteiger partial charge in [0.15, 0.2) is 5.84 Å². The topological polar surface area (TPSA) is 84.0 Å². The van der Waals surface area contributed by atoms with Crippen LogP contribution in [-0.2, 0) is 10.0 Å². The van der Waals surface area contributed by atoms with Crippen molar-refractivity contribution in [3.63, 3.8) is 0 Å². The van der Waals surface area contributed by atoms with Crippen LogP contribution in [-0.4, -0.2) is 20.5 Å². The van der Waals surface area contributed by atoms with Gasteiger partial charge in [-0.3, -0.25) is 5.43 Å². The Morgan fingerprint density at radius 2 is 1.81 bits per heavy atom. The van der Waals surface area contributed by atoms with E-state index in [0.717, 1.165) is 10.0 Å². The summed E-state index contributed by atoms with van der Waals surface area (Å²) in [4.78, 5) is 0.174. The second-order valence-corrected chi connectivity index (χ2v) is 7.98. The summed E-state index contributed by atoms with van der Waals surface area (Å²) in [5.41, 5.74) is 4.12. The van der Waals surface area contributed by atoms with Crippen molar-refractivity contribution in [1.82, 2.24) is 5.43 Å². The lowest BCUT2D eigenvalue weighted by Crippen LogP contribution is -2.17. The number of fused-ring (bicyclic) bond motifs is 1. The molecule has 6 nitrogen and oxygen atoms in total. The molecule has 0 bridgehead atoms. The van der Waals surface area contributed by atoms with E-state index >= 15 is 0 Å². The number of furan rings is 1. The van der Waals surface area contributed by atoms with E-state index in [1.807, 2.05) is 30.3 Å². The van der Waals surface area contributed by atoms with E-state index in [4.69, 9.17) is 4.42 Å². The van der Waals surface area contributed by atoms with Gasteiger partial charge in [0, 0.05) is 15.6 Å². The lowest BCUT2D eigenvalue weighted by atomic mass is 10.2. The molecular weight excluding hydrogens is 418 g/mol. The molecule has 0 saturated heterocycles. The van der Waals surface area contributed by atoms with Crippen LogP contribution in [0.15, 0.2) is 83.9 Å². The maximum atomic E-state index is 12.0. The fraction of sp³-hybridized carbons (Fsp3) is 0. The molecule has 0 unspecified atom stereocenters. The Morgan fingerprint density at radius 3 is 2.62 bits per heavy atom. The number of rotatable bonds is 3. The van der Waals surface area contributed by atoms with Gasteiger partial charge in [-0.15, -0.1) is 4.40 Å². The van der Waals surface area contributed by atoms with Gasteiger partial charge in [0.2, 0.25) is 0 Å². The van der Waals surface area contributed by atoms with Crippen LogP contribution < -0.4 is 5.43 Å². The van der Waals surface area contributed by atoms with Gasteiger partial charge >= 0.3 is 0 Å². The Labute approximate surface area is 158 Å². The van der Waals surface area contributed by atoms with E-state index in [9.17, 15) is 8.42 Å². The van der Waals surface area contributed by atoms with Crippen LogP contribution in [0.1, 0.15) is 11.3 Å². The molecule has 3 aromatic rings. The van der Waals surface area contributed by atoms with Crippen molar-refractivity contribution in [3.05, 3.63) is 76.5 Å². The summed E-state index contributed by atoms with van der Waals surface area (Å²) in [6.45, 7) is 0. The molecule has 0 aliphatic carbocycles. The second-order valence-electron chi connectivity index (χ2n) is 5.49. The fourth-order valence-electron chi connectivity index (χ4n) is 2.53. The Balaban J connectivity index is 1.51. The molecule has 0 radical (unpaired) electrons. The normalized spacial score (nSPS) is 15.0. The molecule has 2 heterocycles. The number of hydrogen-bond donors (Lipinski definition) is 1. The third kappa shape index (κ3) is 3.21. The van der Waals surface area contributed by atoms with E-state index < -0.39 is 10.0 Å². The first-order valence-electron chi connectivity index (χ1n) is 7.62. The first-order chi connectivity index (χ1) is 12.5. The van der Waals surface area contributed by atoms with Crippen molar-refractivity contribution in [2.24, 2.45) is 9.50 Å². The summed E-state index contributed by atoms with van der Waals surface area (Å²) in [6.07, 6.45) is 1.47. The first kappa shape index (κ1) is 16.7. The Morgan fingerprint density at radius 1 is 1.04 bits per heavy atom. The predicted molar refractivity (Wildman–Crippen MR) is 103 cm³/mol. The van der Waals surface area contributed by atoms with Crippen LogP contribution in [0.4, 0.5) is 0 Å². The highest BCUT2D eigenvalue weighted by Crippen LogP contribution is 2.25. The quantitative estimate of drug-likeness (QED) is 0.507. The van der Waals surface area contributed by atoms with Crippen LogP contribution >= 0.6 is 15.9 Å². The Hall–Kier alpha value is -2.71. The van der Waals surface area contributed by atoms with Crippen molar-refractivity contribution in [2.75, 3.05) is 0 Å². The Bertz CT molecular complexity index is 1130. The zero-order valence-electron chi connectivity index (χ0n) is 13.3. The third-order valence-corrected chi connectivity index (χ3v) is 5.61.